The Balaban J connectivity index is 1.44. The summed E-state index contributed by atoms with van der Waals surface area (Å²) >= 11 is 0. The average Bonchev–Trinajstić information content (AvgIpc) is 3.34. The van der Waals surface area contributed by atoms with Crippen molar-refractivity contribution in [1.29, 1.82) is 0 Å². The Labute approximate surface area is 210 Å². The zero-order valence-electron chi connectivity index (χ0n) is 19.8. The van der Waals surface area contributed by atoms with Gasteiger partial charge in [-0.05, 0) is 49.5 Å². The molecule has 12 heteroatoms. The number of carbonyl (C=O) groups excluding carboxylic acids is 2. The number of primary amides is 1. The van der Waals surface area contributed by atoms with Crippen molar-refractivity contribution in [1.82, 2.24) is 24.2 Å². The molecule has 0 radical (unpaired) electrons. The first-order valence-electron chi connectivity index (χ1n) is 11.8. The minimum atomic E-state index is -2.97. The minimum Gasteiger partial charge on any atom is -0.383 e. The molecule has 1 saturated heterocycles. The summed E-state index contributed by atoms with van der Waals surface area (Å²) in [7, 11) is 0. The van der Waals surface area contributed by atoms with Crippen molar-refractivity contribution in [3.05, 3.63) is 54.0 Å². The van der Waals surface area contributed by atoms with Crippen molar-refractivity contribution in [2.75, 3.05) is 18.9 Å². The van der Waals surface area contributed by atoms with Crippen LogP contribution >= 0.6 is 0 Å². The van der Waals surface area contributed by atoms with Crippen LogP contribution in [-0.4, -0.2) is 61.9 Å². The second-order valence-corrected chi connectivity index (χ2v) is 9.09. The smallest absolute Gasteiger partial charge is 0.345 e. The van der Waals surface area contributed by atoms with Crippen molar-refractivity contribution in [2.24, 2.45) is 5.73 Å². The third kappa shape index (κ3) is 4.77. The minimum absolute atomic E-state index is 0.0122. The summed E-state index contributed by atoms with van der Waals surface area (Å²) in [5, 5.41) is 4.42. The first-order chi connectivity index (χ1) is 17.8. The van der Waals surface area contributed by atoms with Gasteiger partial charge in [0.15, 0.2) is 5.69 Å². The van der Waals surface area contributed by atoms with Gasteiger partial charge in [0, 0.05) is 18.2 Å². The van der Waals surface area contributed by atoms with Gasteiger partial charge in [0.25, 0.3) is 5.91 Å². The fourth-order valence-corrected chi connectivity index (χ4v) is 4.74. The van der Waals surface area contributed by atoms with E-state index in [0.717, 1.165) is 30.0 Å². The summed E-state index contributed by atoms with van der Waals surface area (Å²) in [5.74, 6) is 4.62. The second-order valence-electron chi connectivity index (χ2n) is 9.09. The molecule has 37 heavy (non-hydrogen) atoms. The maximum Gasteiger partial charge on any atom is 0.345 e. The summed E-state index contributed by atoms with van der Waals surface area (Å²) in [6.07, 6.45) is 5.44. The standard InChI is InChI=1S/C25H25F2N7O3/c1-2-21(35)32-11-16(10-17(32)12-37-25(26)27)34-23(28)22(24(29)36)18(31-34)7-3-14-4-8-20-19(9-14)30-13-33(20)15-5-6-15/h2,4,8-9,13,15-17,25H,1,5-6,10-12,28H2,(H2,29,36)/t16-,17+/m0/s1. The van der Waals surface area contributed by atoms with Crippen LogP contribution in [0.15, 0.2) is 37.2 Å². The lowest BCUT2D eigenvalue weighted by atomic mass is 10.1. The van der Waals surface area contributed by atoms with Crippen LogP contribution in [0.1, 0.15) is 53.0 Å². The monoisotopic (exact) mass is 509 g/mol. The lowest BCUT2D eigenvalue weighted by molar-refractivity contribution is -0.146. The van der Waals surface area contributed by atoms with Crippen molar-refractivity contribution in [3.63, 3.8) is 0 Å². The maximum atomic E-state index is 12.6. The molecule has 0 spiro atoms. The van der Waals surface area contributed by atoms with Crippen LogP contribution in [0.3, 0.4) is 0 Å². The number of aromatic nitrogens is 4. The van der Waals surface area contributed by atoms with Crippen LogP contribution in [0.25, 0.3) is 11.0 Å². The van der Waals surface area contributed by atoms with Gasteiger partial charge in [0.2, 0.25) is 5.91 Å². The SMILES string of the molecule is C=CC(=O)N1C[C@@H](n2nc(C#Cc3ccc4c(c3)ncn4C3CC3)c(C(N)=O)c2N)C[C@@H]1COC(F)F. The highest BCUT2D eigenvalue weighted by Crippen LogP contribution is 2.37. The van der Waals surface area contributed by atoms with Gasteiger partial charge in [-0.2, -0.15) is 13.9 Å². The number of ether oxygens (including phenoxy) is 1. The van der Waals surface area contributed by atoms with E-state index in [-0.39, 0.29) is 36.6 Å². The van der Waals surface area contributed by atoms with E-state index >= 15 is 0 Å². The van der Waals surface area contributed by atoms with Gasteiger partial charge in [-0.1, -0.05) is 12.5 Å². The molecule has 1 aliphatic heterocycles. The van der Waals surface area contributed by atoms with Gasteiger partial charge < -0.3 is 25.7 Å². The molecule has 4 N–H and O–H groups in total. The Morgan fingerprint density at radius 1 is 1.27 bits per heavy atom. The van der Waals surface area contributed by atoms with Crippen LogP contribution in [0.2, 0.25) is 0 Å². The number of fused-ring (bicyclic) bond motifs is 1. The van der Waals surface area contributed by atoms with Crippen LogP contribution in [0.4, 0.5) is 14.6 Å². The number of anilines is 1. The fourth-order valence-electron chi connectivity index (χ4n) is 4.74. The number of nitrogens with zero attached hydrogens (tertiary/aromatic N) is 5. The van der Waals surface area contributed by atoms with Crippen LogP contribution in [0, 0.1) is 11.8 Å². The highest BCUT2D eigenvalue weighted by atomic mass is 19.3. The van der Waals surface area contributed by atoms with Gasteiger partial charge in [-0.15, -0.1) is 0 Å². The van der Waals surface area contributed by atoms with Crippen LogP contribution in [0.5, 0.6) is 0 Å². The molecule has 1 aromatic carbocycles. The predicted octanol–water partition coefficient (Wildman–Crippen LogP) is 2.22. The third-order valence-corrected chi connectivity index (χ3v) is 6.64. The van der Waals surface area contributed by atoms with E-state index in [1.807, 2.05) is 24.5 Å². The number of likely N-dealkylation sites (tertiary alicyclic amines) is 1. The number of hydrogen-bond acceptors (Lipinski definition) is 6. The first-order valence-corrected chi connectivity index (χ1v) is 11.8. The number of hydrogen-bond donors (Lipinski definition) is 2. The lowest BCUT2D eigenvalue weighted by Gasteiger charge is -2.22. The highest BCUT2D eigenvalue weighted by Gasteiger charge is 2.38. The Bertz CT molecular complexity index is 1450. The van der Waals surface area contributed by atoms with Gasteiger partial charge in [-0.3, -0.25) is 9.59 Å². The quantitative estimate of drug-likeness (QED) is 0.371. The van der Waals surface area contributed by atoms with Gasteiger partial charge >= 0.3 is 6.61 Å². The molecule has 0 unspecified atom stereocenters. The number of carbonyl (C=O) groups is 2. The van der Waals surface area contributed by atoms with E-state index in [9.17, 15) is 18.4 Å². The van der Waals surface area contributed by atoms with Crippen molar-refractivity contribution < 1.29 is 23.1 Å². The molecule has 2 aromatic heterocycles. The van der Waals surface area contributed by atoms with E-state index in [2.05, 4.69) is 37.8 Å². The molecule has 3 heterocycles. The fraction of sp³-hybridized carbons (Fsp3) is 0.360. The van der Waals surface area contributed by atoms with E-state index < -0.39 is 30.5 Å². The molecule has 1 saturated carbocycles. The largest absolute Gasteiger partial charge is 0.383 e. The molecule has 0 bridgehead atoms. The molecule has 192 valence electrons. The molecular weight excluding hydrogens is 484 g/mol. The van der Waals surface area contributed by atoms with Gasteiger partial charge in [-0.25, -0.2) is 9.67 Å². The Morgan fingerprint density at radius 2 is 2.05 bits per heavy atom. The number of alkyl halides is 2. The highest BCUT2D eigenvalue weighted by molar-refractivity contribution is 5.99. The summed E-state index contributed by atoms with van der Waals surface area (Å²) in [5.41, 5.74) is 14.4. The van der Waals surface area contributed by atoms with Crippen molar-refractivity contribution in [3.8, 4) is 11.8 Å². The topological polar surface area (TPSA) is 134 Å². The molecule has 5 rings (SSSR count). The molecule has 2 atom stereocenters. The third-order valence-electron chi connectivity index (χ3n) is 6.64. The maximum absolute atomic E-state index is 12.6. The lowest BCUT2D eigenvalue weighted by Crippen LogP contribution is -2.37. The number of benzene rings is 1. The number of nitrogens with two attached hydrogens (primary N) is 2. The zero-order valence-corrected chi connectivity index (χ0v) is 19.8. The Hall–Kier alpha value is -4.24. The van der Waals surface area contributed by atoms with E-state index in [0.29, 0.717) is 11.6 Å². The normalized spacial score (nSPS) is 19.3. The van der Waals surface area contributed by atoms with Crippen LogP contribution in [-0.2, 0) is 9.53 Å². The average molecular weight is 510 g/mol. The summed E-state index contributed by atoms with van der Waals surface area (Å²) in [4.78, 5) is 30.3. The van der Waals surface area contributed by atoms with E-state index in [4.69, 9.17) is 11.5 Å². The number of amides is 2. The predicted molar refractivity (Wildman–Crippen MR) is 130 cm³/mol. The van der Waals surface area contributed by atoms with Crippen molar-refractivity contribution in [2.45, 2.75) is 44.0 Å². The molecule has 2 fully saturated rings. The summed E-state index contributed by atoms with van der Waals surface area (Å²) in [6, 6.07) is 5.02. The van der Waals surface area contributed by atoms with Gasteiger partial charge in [0.05, 0.1) is 36.1 Å². The van der Waals surface area contributed by atoms with E-state index in [1.165, 1.54) is 9.58 Å². The molecule has 2 aliphatic rings. The van der Waals surface area contributed by atoms with Gasteiger partial charge in [0.1, 0.15) is 11.4 Å². The molecule has 1 aliphatic carbocycles. The first kappa shape index (κ1) is 24.5. The van der Waals surface area contributed by atoms with Crippen molar-refractivity contribution >= 4 is 28.7 Å². The molecule has 2 amide bonds. The summed E-state index contributed by atoms with van der Waals surface area (Å²) in [6.45, 7) is 0.230. The molecule has 3 aromatic rings. The molecule has 10 nitrogen and oxygen atoms in total. The Morgan fingerprint density at radius 3 is 2.73 bits per heavy atom. The number of nitrogen functional groups attached to an aromatic ring is 1. The second kappa shape index (κ2) is 9.67. The number of imidazole rings is 1. The zero-order chi connectivity index (χ0) is 26.3. The van der Waals surface area contributed by atoms with E-state index in [1.54, 1.807) is 0 Å². The number of rotatable bonds is 7. The number of halogens is 2. The Kier molecular flexibility index (Phi) is 6.39. The molecular formula is C25H25F2N7O3. The summed E-state index contributed by atoms with van der Waals surface area (Å²) < 4.78 is 33.2. The van der Waals surface area contributed by atoms with Crippen LogP contribution < -0.4 is 11.5 Å².